The van der Waals surface area contributed by atoms with Crippen LogP contribution in [0.2, 0.25) is 0 Å². The van der Waals surface area contributed by atoms with E-state index in [0.29, 0.717) is 6.04 Å². The summed E-state index contributed by atoms with van der Waals surface area (Å²) in [5.41, 5.74) is 1.42. The van der Waals surface area contributed by atoms with Crippen LogP contribution in [0.3, 0.4) is 0 Å². The van der Waals surface area contributed by atoms with Gasteiger partial charge in [-0.2, -0.15) is 11.3 Å². The Morgan fingerprint density at radius 3 is 3.00 bits per heavy atom. The first kappa shape index (κ1) is 10.7. The Morgan fingerprint density at radius 2 is 2.46 bits per heavy atom. The molecule has 0 bridgehead atoms. The molecule has 0 radical (unpaired) electrons. The minimum atomic E-state index is 0.537. The van der Waals surface area contributed by atoms with Crippen LogP contribution in [0.5, 0.6) is 0 Å². The second-order valence-electron chi connectivity index (χ2n) is 3.10. The van der Waals surface area contributed by atoms with Gasteiger partial charge in [0.05, 0.1) is 0 Å². The number of hydrogen-bond acceptors (Lipinski definition) is 3. The molecule has 1 aromatic rings. The molecule has 0 spiro atoms. The van der Waals surface area contributed by atoms with Crippen LogP contribution in [0.15, 0.2) is 16.8 Å². The Bertz CT molecular complexity index is 211. The number of ether oxygens (including phenoxy) is 1. The van der Waals surface area contributed by atoms with Crippen molar-refractivity contribution in [2.24, 2.45) is 0 Å². The Labute approximate surface area is 83.9 Å². The first-order valence-corrected chi connectivity index (χ1v) is 5.48. The summed E-state index contributed by atoms with van der Waals surface area (Å²) >= 11 is 1.76. The molecule has 3 heteroatoms. The van der Waals surface area contributed by atoms with Crippen molar-refractivity contribution in [2.45, 2.75) is 18.9 Å². The Morgan fingerprint density at radius 1 is 1.62 bits per heavy atom. The third-order valence-electron chi connectivity index (χ3n) is 2.14. The summed E-state index contributed by atoms with van der Waals surface area (Å²) in [5, 5.41) is 7.63. The van der Waals surface area contributed by atoms with E-state index in [1.165, 1.54) is 5.56 Å². The van der Waals surface area contributed by atoms with Gasteiger partial charge in [-0.3, -0.25) is 0 Å². The van der Waals surface area contributed by atoms with E-state index in [1.54, 1.807) is 18.4 Å². The molecule has 0 saturated heterocycles. The first-order chi connectivity index (χ1) is 6.36. The zero-order valence-electron chi connectivity index (χ0n) is 8.25. The molecule has 1 atom stereocenters. The Hall–Kier alpha value is -0.380. The summed E-state index contributed by atoms with van der Waals surface area (Å²) < 4.78 is 5.06. The molecule has 1 N–H and O–H groups in total. The molecule has 0 aliphatic rings. The van der Waals surface area contributed by atoms with E-state index >= 15 is 0 Å². The molecule has 1 aromatic heterocycles. The molecule has 0 aliphatic heterocycles. The zero-order chi connectivity index (χ0) is 9.52. The van der Waals surface area contributed by atoms with Crippen molar-refractivity contribution in [3.8, 4) is 0 Å². The summed E-state index contributed by atoms with van der Waals surface area (Å²) in [7, 11) is 3.75. The molecule has 2 nitrogen and oxygen atoms in total. The lowest BCUT2D eigenvalue weighted by atomic mass is 10.1. The highest BCUT2D eigenvalue weighted by Crippen LogP contribution is 2.10. The Kier molecular flexibility index (Phi) is 5.05. The molecule has 74 valence electrons. The minimum absolute atomic E-state index is 0.537. The van der Waals surface area contributed by atoms with Crippen molar-refractivity contribution in [1.82, 2.24) is 5.32 Å². The quantitative estimate of drug-likeness (QED) is 0.755. The molecule has 1 heterocycles. The predicted molar refractivity (Wildman–Crippen MR) is 57.4 cm³/mol. The smallest absolute Gasteiger partial charge is 0.0477 e. The molecule has 1 rings (SSSR count). The number of rotatable bonds is 6. The van der Waals surface area contributed by atoms with Gasteiger partial charge >= 0.3 is 0 Å². The predicted octanol–water partition coefficient (Wildman–Crippen LogP) is 1.92. The summed E-state index contributed by atoms with van der Waals surface area (Å²) in [6, 6.07) is 2.72. The van der Waals surface area contributed by atoms with Crippen LogP contribution in [-0.2, 0) is 11.2 Å². The van der Waals surface area contributed by atoms with E-state index in [4.69, 9.17) is 4.74 Å². The standard InChI is InChI=1S/C10H17NOS/c1-11-10(3-5-12-2)7-9-4-6-13-8-9/h4,6,8,10-11H,3,5,7H2,1-2H3. The van der Waals surface area contributed by atoms with Crippen LogP contribution in [0.1, 0.15) is 12.0 Å². The lowest BCUT2D eigenvalue weighted by Gasteiger charge is -2.14. The summed E-state index contributed by atoms with van der Waals surface area (Å²) in [6.45, 7) is 0.829. The topological polar surface area (TPSA) is 21.3 Å². The fraction of sp³-hybridized carbons (Fsp3) is 0.600. The molecule has 13 heavy (non-hydrogen) atoms. The van der Waals surface area contributed by atoms with Crippen molar-refractivity contribution < 1.29 is 4.74 Å². The molecule has 0 aromatic carbocycles. The summed E-state index contributed by atoms with van der Waals surface area (Å²) in [4.78, 5) is 0. The summed E-state index contributed by atoms with van der Waals surface area (Å²) in [6.07, 6.45) is 2.17. The van der Waals surface area contributed by atoms with E-state index in [1.807, 2.05) is 7.05 Å². The highest BCUT2D eigenvalue weighted by molar-refractivity contribution is 7.07. The second-order valence-corrected chi connectivity index (χ2v) is 3.88. The van der Waals surface area contributed by atoms with Gasteiger partial charge in [0.15, 0.2) is 0 Å². The summed E-state index contributed by atoms with van der Waals surface area (Å²) in [5.74, 6) is 0. The van der Waals surface area contributed by atoms with Crippen LogP contribution in [0, 0.1) is 0 Å². The van der Waals surface area contributed by atoms with Crippen LogP contribution in [0.25, 0.3) is 0 Å². The molecular weight excluding hydrogens is 182 g/mol. The highest BCUT2D eigenvalue weighted by Gasteiger charge is 2.06. The monoisotopic (exact) mass is 199 g/mol. The average Bonchev–Trinajstić information content (AvgIpc) is 2.64. The van der Waals surface area contributed by atoms with Crippen LogP contribution in [-0.4, -0.2) is 26.8 Å². The number of hydrogen-bond donors (Lipinski definition) is 1. The van der Waals surface area contributed by atoms with Crippen LogP contribution in [0.4, 0.5) is 0 Å². The number of methoxy groups -OCH3 is 1. The van der Waals surface area contributed by atoms with Gasteiger partial charge in [-0.15, -0.1) is 0 Å². The normalized spacial score (nSPS) is 13.1. The van der Waals surface area contributed by atoms with Crippen LogP contribution >= 0.6 is 11.3 Å². The van der Waals surface area contributed by atoms with Gasteiger partial charge in [-0.1, -0.05) is 0 Å². The van der Waals surface area contributed by atoms with E-state index in [0.717, 1.165) is 19.4 Å². The first-order valence-electron chi connectivity index (χ1n) is 4.54. The van der Waals surface area contributed by atoms with E-state index in [2.05, 4.69) is 22.1 Å². The molecule has 0 fully saturated rings. The zero-order valence-corrected chi connectivity index (χ0v) is 9.06. The maximum absolute atomic E-state index is 5.06. The molecule has 0 aliphatic carbocycles. The van der Waals surface area contributed by atoms with Crippen molar-refractivity contribution in [3.63, 3.8) is 0 Å². The van der Waals surface area contributed by atoms with E-state index < -0.39 is 0 Å². The van der Waals surface area contributed by atoms with Gasteiger partial charge in [0.25, 0.3) is 0 Å². The van der Waals surface area contributed by atoms with Crippen molar-refractivity contribution in [1.29, 1.82) is 0 Å². The molecule has 1 unspecified atom stereocenters. The second kappa shape index (κ2) is 6.13. The van der Waals surface area contributed by atoms with Gasteiger partial charge in [0, 0.05) is 19.8 Å². The lowest BCUT2D eigenvalue weighted by molar-refractivity contribution is 0.184. The van der Waals surface area contributed by atoms with Crippen molar-refractivity contribution >= 4 is 11.3 Å². The minimum Gasteiger partial charge on any atom is -0.385 e. The van der Waals surface area contributed by atoms with Gasteiger partial charge in [-0.05, 0) is 42.3 Å². The average molecular weight is 199 g/mol. The van der Waals surface area contributed by atoms with Gasteiger partial charge in [0.2, 0.25) is 0 Å². The number of nitrogens with one attached hydrogen (secondary N) is 1. The fourth-order valence-electron chi connectivity index (χ4n) is 1.30. The highest BCUT2D eigenvalue weighted by atomic mass is 32.1. The third-order valence-corrected chi connectivity index (χ3v) is 2.87. The van der Waals surface area contributed by atoms with Gasteiger partial charge in [-0.25, -0.2) is 0 Å². The SMILES string of the molecule is CNC(CCOC)Cc1ccsc1. The maximum atomic E-state index is 5.06. The van der Waals surface area contributed by atoms with Gasteiger partial charge in [0.1, 0.15) is 0 Å². The fourth-order valence-corrected chi connectivity index (χ4v) is 1.98. The Balaban J connectivity index is 2.31. The molecule has 0 amide bonds. The maximum Gasteiger partial charge on any atom is 0.0477 e. The van der Waals surface area contributed by atoms with E-state index in [9.17, 15) is 0 Å². The van der Waals surface area contributed by atoms with Crippen LogP contribution < -0.4 is 5.32 Å². The number of likely N-dealkylation sites (N-methyl/N-ethyl adjacent to an activating group) is 1. The van der Waals surface area contributed by atoms with Crippen molar-refractivity contribution in [2.75, 3.05) is 20.8 Å². The van der Waals surface area contributed by atoms with E-state index in [-0.39, 0.29) is 0 Å². The number of thiophene rings is 1. The third kappa shape index (κ3) is 3.89. The molecular formula is C10H17NOS. The lowest BCUT2D eigenvalue weighted by Crippen LogP contribution is -2.28. The van der Waals surface area contributed by atoms with Gasteiger partial charge < -0.3 is 10.1 Å². The molecule has 0 saturated carbocycles. The van der Waals surface area contributed by atoms with Crippen molar-refractivity contribution in [3.05, 3.63) is 22.4 Å². The largest absolute Gasteiger partial charge is 0.385 e.